The number of hydrogen-bond acceptors (Lipinski definition) is 5. The Hall–Kier alpha value is -6.85. The quantitative estimate of drug-likeness (QED) is 0.187. The van der Waals surface area contributed by atoms with Gasteiger partial charge in [0.25, 0.3) is 0 Å². The van der Waals surface area contributed by atoms with Crippen LogP contribution < -0.4 is 0 Å². The van der Waals surface area contributed by atoms with Crippen molar-refractivity contribution < 1.29 is 8.83 Å². The van der Waals surface area contributed by atoms with Gasteiger partial charge in [-0.1, -0.05) is 127 Å². The molecule has 5 nitrogen and oxygen atoms in total. The monoisotopic (exact) mass is 641 g/mol. The molecule has 0 aliphatic carbocycles. The maximum absolute atomic E-state index is 6.56. The molecule has 10 aromatic rings. The van der Waals surface area contributed by atoms with Gasteiger partial charge in [0.2, 0.25) is 0 Å². The molecule has 10 rings (SSSR count). The van der Waals surface area contributed by atoms with E-state index in [0.29, 0.717) is 17.5 Å². The molecule has 0 atom stereocenters. The van der Waals surface area contributed by atoms with Gasteiger partial charge in [-0.05, 0) is 58.7 Å². The molecule has 0 N–H and O–H groups in total. The van der Waals surface area contributed by atoms with Crippen LogP contribution in [0.15, 0.2) is 173 Å². The Morgan fingerprint density at radius 3 is 1.52 bits per heavy atom. The molecule has 0 fully saturated rings. The number of para-hydroxylation sites is 2. The van der Waals surface area contributed by atoms with Gasteiger partial charge in [0, 0.05) is 32.7 Å². The fraction of sp³-hybridized carbons (Fsp3) is 0. The number of benzene rings is 7. The fourth-order valence-electron chi connectivity index (χ4n) is 6.85. The van der Waals surface area contributed by atoms with E-state index in [9.17, 15) is 0 Å². The van der Waals surface area contributed by atoms with E-state index in [1.54, 1.807) is 0 Å². The van der Waals surface area contributed by atoms with Gasteiger partial charge in [-0.15, -0.1) is 0 Å². The third-order valence-electron chi connectivity index (χ3n) is 9.35. The lowest BCUT2D eigenvalue weighted by atomic mass is 9.99. The molecule has 0 saturated heterocycles. The molecule has 50 heavy (non-hydrogen) atoms. The van der Waals surface area contributed by atoms with Crippen molar-refractivity contribution in [2.45, 2.75) is 0 Å². The highest BCUT2D eigenvalue weighted by molar-refractivity contribution is 6.11. The highest BCUT2D eigenvalue weighted by atomic mass is 16.3. The number of rotatable bonds is 5. The van der Waals surface area contributed by atoms with E-state index < -0.39 is 0 Å². The van der Waals surface area contributed by atoms with E-state index in [4.69, 9.17) is 23.8 Å². The maximum Gasteiger partial charge on any atom is 0.167 e. The van der Waals surface area contributed by atoms with E-state index in [-0.39, 0.29) is 0 Å². The molecule has 0 bridgehead atoms. The predicted molar refractivity (Wildman–Crippen MR) is 202 cm³/mol. The van der Waals surface area contributed by atoms with Gasteiger partial charge < -0.3 is 8.83 Å². The molecule has 234 valence electrons. The Labute approximate surface area is 287 Å². The molecule has 0 unspecified atom stereocenters. The van der Waals surface area contributed by atoms with Crippen LogP contribution in [0, 0.1) is 0 Å². The Balaban J connectivity index is 1.21. The normalized spacial score (nSPS) is 11.6. The van der Waals surface area contributed by atoms with E-state index >= 15 is 0 Å². The summed E-state index contributed by atoms with van der Waals surface area (Å²) in [6.07, 6.45) is 0. The van der Waals surface area contributed by atoms with Crippen LogP contribution in [0.1, 0.15) is 0 Å². The summed E-state index contributed by atoms with van der Waals surface area (Å²) in [5.74, 6) is 1.65. The van der Waals surface area contributed by atoms with Gasteiger partial charge in [0.1, 0.15) is 22.3 Å². The molecule has 0 radical (unpaired) electrons. The van der Waals surface area contributed by atoms with Crippen LogP contribution in [0.3, 0.4) is 0 Å². The second-order valence-corrected chi connectivity index (χ2v) is 12.4. The zero-order chi connectivity index (χ0) is 33.0. The largest absolute Gasteiger partial charge is 0.456 e. The first-order chi connectivity index (χ1) is 24.7. The summed E-state index contributed by atoms with van der Waals surface area (Å²) in [5, 5.41) is 4.18. The van der Waals surface area contributed by atoms with Crippen LogP contribution in [0.5, 0.6) is 0 Å². The van der Waals surface area contributed by atoms with Gasteiger partial charge in [-0.2, -0.15) is 0 Å². The van der Waals surface area contributed by atoms with Crippen molar-refractivity contribution in [3.63, 3.8) is 0 Å². The highest BCUT2D eigenvalue weighted by Gasteiger charge is 2.20. The van der Waals surface area contributed by atoms with Crippen LogP contribution in [0.25, 0.3) is 100 Å². The third-order valence-corrected chi connectivity index (χ3v) is 9.35. The summed E-state index contributed by atoms with van der Waals surface area (Å²) in [6.45, 7) is 0. The van der Waals surface area contributed by atoms with Crippen molar-refractivity contribution in [2.75, 3.05) is 0 Å². The number of aromatic nitrogens is 3. The molecule has 3 heterocycles. The molecule has 0 aliphatic rings. The predicted octanol–water partition coefficient (Wildman–Crippen LogP) is 12.0. The topological polar surface area (TPSA) is 65.0 Å². The van der Waals surface area contributed by atoms with Gasteiger partial charge in [0.05, 0.1) is 5.56 Å². The second kappa shape index (κ2) is 11.4. The van der Waals surface area contributed by atoms with Crippen molar-refractivity contribution in [3.05, 3.63) is 164 Å². The summed E-state index contributed by atoms with van der Waals surface area (Å²) in [6, 6.07) is 55.8. The summed E-state index contributed by atoms with van der Waals surface area (Å²) < 4.78 is 12.8. The molecular weight excluding hydrogens is 615 g/mol. The van der Waals surface area contributed by atoms with Crippen molar-refractivity contribution >= 4 is 43.9 Å². The Morgan fingerprint density at radius 2 is 0.800 bits per heavy atom. The zero-order valence-corrected chi connectivity index (χ0v) is 26.7. The SMILES string of the molecule is c1ccc(-c2ccc(-c3nc(-c4ccc5c(c4)oc4ccccc45)nc(-c4cc(-c5ccccc5)cc5c4oc4ccccc45)n3)cc2)cc1. The number of fused-ring (bicyclic) bond motifs is 6. The standard InChI is InChI=1S/C45H27N3O2/c1-3-11-28(12-4-1)30-19-21-31(22-20-30)43-46-44(32-23-24-36-34-15-7-9-17-39(34)49-41(36)27-32)48-45(47-43)38-26-33(29-13-5-2-6-14-29)25-37-35-16-8-10-18-40(35)50-42(37)38/h1-27H. The summed E-state index contributed by atoms with van der Waals surface area (Å²) in [7, 11) is 0. The number of nitrogens with zero attached hydrogens (tertiary/aromatic N) is 3. The minimum absolute atomic E-state index is 0.531. The van der Waals surface area contributed by atoms with E-state index in [2.05, 4.69) is 109 Å². The van der Waals surface area contributed by atoms with E-state index in [1.807, 2.05) is 54.6 Å². The Morgan fingerprint density at radius 1 is 0.300 bits per heavy atom. The van der Waals surface area contributed by atoms with E-state index in [1.165, 1.54) is 0 Å². The van der Waals surface area contributed by atoms with E-state index in [0.717, 1.165) is 82.8 Å². The van der Waals surface area contributed by atoms with Crippen LogP contribution in [-0.4, -0.2) is 15.0 Å². The van der Waals surface area contributed by atoms with Crippen molar-refractivity contribution in [1.82, 2.24) is 15.0 Å². The average Bonchev–Trinajstić information content (AvgIpc) is 3.76. The van der Waals surface area contributed by atoms with Crippen molar-refractivity contribution in [3.8, 4) is 56.4 Å². The summed E-state index contributed by atoms with van der Waals surface area (Å²) in [5.41, 5.74) is 10.1. The lowest BCUT2D eigenvalue weighted by molar-refractivity contribution is 0.668. The minimum Gasteiger partial charge on any atom is -0.456 e. The smallest absolute Gasteiger partial charge is 0.167 e. The third kappa shape index (κ3) is 4.75. The first kappa shape index (κ1) is 28.2. The van der Waals surface area contributed by atoms with Crippen molar-refractivity contribution in [1.29, 1.82) is 0 Å². The van der Waals surface area contributed by atoms with Gasteiger partial charge in [-0.25, -0.2) is 15.0 Å². The first-order valence-corrected chi connectivity index (χ1v) is 16.6. The zero-order valence-electron chi connectivity index (χ0n) is 26.7. The molecule has 3 aromatic heterocycles. The molecule has 0 amide bonds. The number of hydrogen-bond donors (Lipinski definition) is 0. The lowest BCUT2D eigenvalue weighted by Gasteiger charge is -2.11. The molecule has 7 aromatic carbocycles. The Bertz CT molecular complexity index is 2850. The van der Waals surface area contributed by atoms with Crippen LogP contribution >= 0.6 is 0 Å². The fourth-order valence-corrected chi connectivity index (χ4v) is 6.85. The first-order valence-electron chi connectivity index (χ1n) is 16.6. The highest BCUT2D eigenvalue weighted by Crippen LogP contribution is 2.40. The van der Waals surface area contributed by atoms with Gasteiger partial charge in [-0.3, -0.25) is 0 Å². The lowest BCUT2D eigenvalue weighted by Crippen LogP contribution is -2.00. The van der Waals surface area contributed by atoms with Crippen LogP contribution in [-0.2, 0) is 0 Å². The molecule has 0 aliphatic heterocycles. The summed E-state index contributed by atoms with van der Waals surface area (Å²) >= 11 is 0. The van der Waals surface area contributed by atoms with Gasteiger partial charge in [0.15, 0.2) is 17.5 Å². The minimum atomic E-state index is 0.531. The van der Waals surface area contributed by atoms with Crippen molar-refractivity contribution in [2.24, 2.45) is 0 Å². The molecule has 5 heteroatoms. The van der Waals surface area contributed by atoms with Crippen LogP contribution in [0.4, 0.5) is 0 Å². The second-order valence-electron chi connectivity index (χ2n) is 12.4. The summed E-state index contributed by atoms with van der Waals surface area (Å²) in [4.78, 5) is 15.4. The van der Waals surface area contributed by atoms with Crippen LogP contribution in [0.2, 0.25) is 0 Å². The Kier molecular flexibility index (Phi) is 6.42. The van der Waals surface area contributed by atoms with Gasteiger partial charge >= 0.3 is 0 Å². The maximum atomic E-state index is 6.56. The average molecular weight is 642 g/mol. The molecule has 0 spiro atoms. The molecular formula is C45H27N3O2. The number of furan rings is 2. The molecule has 0 saturated carbocycles.